The zero-order valence-corrected chi connectivity index (χ0v) is 11.4. The summed E-state index contributed by atoms with van der Waals surface area (Å²) < 4.78 is 18.3. The van der Waals surface area contributed by atoms with Crippen LogP contribution in [0.15, 0.2) is 18.2 Å². The van der Waals surface area contributed by atoms with E-state index in [1.807, 2.05) is 0 Å². The second-order valence-corrected chi connectivity index (χ2v) is 5.13. The van der Waals surface area contributed by atoms with Crippen LogP contribution in [-0.2, 0) is 11.2 Å². The van der Waals surface area contributed by atoms with E-state index >= 15 is 0 Å². The van der Waals surface area contributed by atoms with Gasteiger partial charge in [-0.25, -0.2) is 9.18 Å². The van der Waals surface area contributed by atoms with Crippen molar-refractivity contribution in [2.75, 3.05) is 5.32 Å². The van der Waals surface area contributed by atoms with Gasteiger partial charge in [0.2, 0.25) is 0 Å². The molecule has 0 saturated carbocycles. The van der Waals surface area contributed by atoms with E-state index in [1.54, 1.807) is 20.8 Å². The van der Waals surface area contributed by atoms with E-state index in [-0.39, 0.29) is 5.82 Å². The molecule has 0 aromatic heterocycles. The lowest BCUT2D eigenvalue weighted by atomic mass is 10.1. The van der Waals surface area contributed by atoms with Crippen molar-refractivity contribution in [3.63, 3.8) is 0 Å². The number of carbonyl (C=O) groups excluding carboxylic acids is 1. The molecule has 0 aliphatic carbocycles. The molecular weight excluding hydrogens is 245 g/mol. The van der Waals surface area contributed by atoms with E-state index in [1.165, 1.54) is 18.2 Å². The number of hydrogen-bond donors (Lipinski definition) is 1. The molecule has 1 N–H and O–H groups in total. The highest BCUT2D eigenvalue weighted by Gasteiger charge is 2.17. The van der Waals surface area contributed by atoms with E-state index in [2.05, 4.69) is 11.2 Å². The van der Waals surface area contributed by atoms with Gasteiger partial charge in [-0.1, -0.05) is 0 Å². The number of rotatable bonds is 3. The van der Waals surface area contributed by atoms with Crippen LogP contribution < -0.4 is 5.32 Å². The summed E-state index contributed by atoms with van der Waals surface area (Å²) in [6, 6.07) is 4.15. The first kappa shape index (κ1) is 15.0. The second-order valence-electron chi connectivity index (χ2n) is 5.13. The van der Waals surface area contributed by atoms with E-state index in [0.717, 1.165) is 0 Å². The van der Waals surface area contributed by atoms with Gasteiger partial charge >= 0.3 is 6.09 Å². The van der Waals surface area contributed by atoms with E-state index in [9.17, 15) is 9.18 Å². The lowest BCUT2D eigenvalue weighted by molar-refractivity contribution is 0.0636. The van der Waals surface area contributed by atoms with Crippen molar-refractivity contribution in [3.05, 3.63) is 29.6 Å². The van der Waals surface area contributed by atoms with E-state index in [0.29, 0.717) is 24.1 Å². The van der Waals surface area contributed by atoms with Crippen LogP contribution in [0.2, 0.25) is 0 Å². The fourth-order valence-electron chi connectivity index (χ4n) is 1.51. The Labute approximate surface area is 113 Å². The number of terminal acetylenes is 1. The van der Waals surface area contributed by atoms with Gasteiger partial charge in [0.1, 0.15) is 11.4 Å². The number of amides is 1. The first-order chi connectivity index (χ1) is 8.81. The van der Waals surface area contributed by atoms with Crippen LogP contribution in [0.1, 0.15) is 32.8 Å². The molecule has 102 valence electrons. The van der Waals surface area contributed by atoms with Crippen molar-refractivity contribution in [2.45, 2.75) is 39.2 Å². The molecule has 0 unspecified atom stereocenters. The smallest absolute Gasteiger partial charge is 0.412 e. The SMILES string of the molecule is C#CCCc1cc(F)ccc1NC(=O)OC(C)(C)C. The first-order valence-electron chi connectivity index (χ1n) is 6.04. The average molecular weight is 263 g/mol. The van der Waals surface area contributed by atoms with Crippen LogP contribution in [0.25, 0.3) is 0 Å². The van der Waals surface area contributed by atoms with Crippen LogP contribution in [0.5, 0.6) is 0 Å². The largest absolute Gasteiger partial charge is 0.444 e. The molecule has 0 aliphatic rings. The molecule has 0 atom stereocenters. The monoisotopic (exact) mass is 263 g/mol. The Bertz CT molecular complexity index is 498. The highest BCUT2D eigenvalue weighted by molar-refractivity contribution is 5.85. The summed E-state index contributed by atoms with van der Waals surface area (Å²) in [5.74, 6) is 2.13. The normalized spacial score (nSPS) is 10.7. The van der Waals surface area contributed by atoms with Crippen molar-refractivity contribution < 1.29 is 13.9 Å². The Morgan fingerprint density at radius 2 is 2.16 bits per heavy atom. The predicted octanol–water partition coefficient (Wildman–Crippen LogP) is 3.74. The third kappa shape index (κ3) is 5.43. The lowest BCUT2D eigenvalue weighted by Crippen LogP contribution is -2.27. The number of ether oxygens (including phenoxy) is 1. The molecule has 0 bridgehead atoms. The summed E-state index contributed by atoms with van der Waals surface area (Å²) in [6.45, 7) is 5.32. The molecule has 0 saturated heterocycles. The highest BCUT2D eigenvalue weighted by atomic mass is 19.1. The molecule has 1 aromatic rings. The minimum absolute atomic E-state index is 0.359. The molecule has 19 heavy (non-hydrogen) atoms. The maximum absolute atomic E-state index is 13.2. The number of aryl methyl sites for hydroxylation is 1. The first-order valence-corrected chi connectivity index (χ1v) is 6.04. The Balaban J connectivity index is 2.82. The molecule has 3 nitrogen and oxygen atoms in total. The van der Waals surface area contributed by atoms with Crippen molar-refractivity contribution in [1.29, 1.82) is 0 Å². The van der Waals surface area contributed by atoms with Crippen molar-refractivity contribution in [3.8, 4) is 12.3 Å². The Hall–Kier alpha value is -2.02. The standard InChI is InChI=1S/C15H18FNO2/c1-5-6-7-11-10-12(16)8-9-13(11)17-14(18)19-15(2,3)4/h1,8-10H,6-7H2,2-4H3,(H,17,18). The highest BCUT2D eigenvalue weighted by Crippen LogP contribution is 2.20. The molecule has 4 heteroatoms. The maximum Gasteiger partial charge on any atom is 0.412 e. The van der Waals surface area contributed by atoms with Crippen LogP contribution in [0.4, 0.5) is 14.9 Å². The lowest BCUT2D eigenvalue weighted by Gasteiger charge is -2.20. The average Bonchev–Trinajstić information content (AvgIpc) is 2.27. The molecule has 0 fully saturated rings. The molecule has 0 aliphatic heterocycles. The van der Waals surface area contributed by atoms with Gasteiger partial charge in [-0.3, -0.25) is 5.32 Å². The van der Waals surface area contributed by atoms with Crippen LogP contribution in [-0.4, -0.2) is 11.7 Å². The molecule has 0 spiro atoms. The van der Waals surface area contributed by atoms with Crippen molar-refractivity contribution >= 4 is 11.8 Å². The van der Waals surface area contributed by atoms with Gasteiger partial charge in [0.25, 0.3) is 0 Å². The number of hydrogen-bond acceptors (Lipinski definition) is 2. The number of halogens is 1. The minimum Gasteiger partial charge on any atom is -0.444 e. The van der Waals surface area contributed by atoms with Gasteiger partial charge in [0.15, 0.2) is 0 Å². The fourth-order valence-corrected chi connectivity index (χ4v) is 1.51. The van der Waals surface area contributed by atoms with E-state index in [4.69, 9.17) is 11.2 Å². The zero-order chi connectivity index (χ0) is 14.5. The van der Waals surface area contributed by atoms with Gasteiger partial charge in [-0.15, -0.1) is 12.3 Å². The van der Waals surface area contributed by atoms with Gasteiger partial charge in [-0.05, 0) is 51.0 Å². The molecule has 1 rings (SSSR count). The number of carbonyl (C=O) groups is 1. The third-order valence-corrected chi connectivity index (χ3v) is 2.24. The van der Waals surface area contributed by atoms with Crippen LogP contribution in [0.3, 0.4) is 0 Å². The fraction of sp³-hybridized carbons (Fsp3) is 0.400. The third-order valence-electron chi connectivity index (χ3n) is 2.24. The summed E-state index contributed by atoms with van der Waals surface area (Å²) in [4.78, 5) is 11.7. The Kier molecular flexibility index (Phi) is 4.94. The molecule has 0 heterocycles. The zero-order valence-electron chi connectivity index (χ0n) is 11.4. The summed E-state index contributed by atoms with van der Waals surface area (Å²) in [6.07, 6.45) is 5.60. The molecule has 1 aromatic carbocycles. The Morgan fingerprint density at radius 1 is 1.47 bits per heavy atom. The summed E-state index contributed by atoms with van der Waals surface area (Å²) in [5.41, 5.74) is 0.595. The Morgan fingerprint density at radius 3 is 2.74 bits per heavy atom. The predicted molar refractivity (Wildman–Crippen MR) is 73.4 cm³/mol. The molecular formula is C15H18FNO2. The van der Waals surface area contributed by atoms with Gasteiger partial charge < -0.3 is 4.74 Å². The molecule has 0 radical (unpaired) electrons. The second kappa shape index (κ2) is 6.24. The topological polar surface area (TPSA) is 38.3 Å². The van der Waals surface area contributed by atoms with Gasteiger partial charge in [0, 0.05) is 12.1 Å². The summed E-state index contributed by atoms with van der Waals surface area (Å²) >= 11 is 0. The summed E-state index contributed by atoms with van der Waals surface area (Å²) in [5, 5.41) is 2.61. The number of benzene rings is 1. The van der Waals surface area contributed by atoms with Crippen LogP contribution >= 0.6 is 0 Å². The van der Waals surface area contributed by atoms with Crippen molar-refractivity contribution in [1.82, 2.24) is 0 Å². The van der Waals surface area contributed by atoms with Gasteiger partial charge in [0.05, 0.1) is 0 Å². The summed E-state index contributed by atoms with van der Waals surface area (Å²) in [7, 11) is 0. The maximum atomic E-state index is 13.2. The van der Waals surface area contributed by atoms with Gasteiger partial charge in [-0.2, -0.15) is 0 Å². The van der Waals surface area contributed by atoms with Crippen LogP contribution in [0, 0.1) is 18.2 Å². The van der Waals surface area contributed by atoms with E-state index < -0.39 is 11.7 Å². The number of nitrogens with one attached hydrogen (secondary N) is 1. The van der Waals surface area contributed by atoms with Crippen molar-refractivity contribution in [2.24, 2.45) is 0 Å². The minimum atomic E-state index is -0.580. The molecule has 1 amide bonds. The number of anilines is 1. The quantitative estimate of drug-likeness (QED) is 0.844.